The van der Waals surface area contributed by atoms with Crippen LogP contribution in [0.15, 0.2) is 30.3 Å². The number of carbonyl (C=O) groups excluding carboxylic acids is 2. The summed E-state index contributed by atoms with van der Waals surface area (Å²) in [4.78, 5) is 25.5. The Labute approximate surface area is 117 Å². The zero-order valence-electron chi connectivity index (χ0n) is 11.0. The molecule has 1 heterocycles. The third-order valence-corrected chi connectivity index (χ3v) is 3.55. The highest BCUT2D eigenvalue weighted by Gasteiger charge is 2.46. The zero-order valence-corrected chi connectivity index (χ0v) is 11.0. The van der Waals surface area contributed by atoms with Crippen LogP contribution in [-0.2, 0) is 14.3 Å². The van der Waals surface area contributed by atoms with Crippen molar-refractivity contribution >= 4 is 17.5 Å². The molecule has 0 saturated carbocycles. The van der Waals surface area contributed by atoms with E-state index in [0.29, 0.717) is 31.7 Å². The van der Waals surface area contributed by atoms with Gasteiger partial charge in [0, 0.05) is 31.7 Å². The number of hydrogen-bond acceptors (Lipinski definition) is 3. The van der Waals surface area contributed by atoms with Crippen LogP contribution in [0.4, 0.5) is 5.69 Å². The van der Waals surface area contributed by atoms with Crippen LogP contribution in [0.1, 0.15) is 12.8 Å². The summed E-state index contributed by atoms with van der Waals surface area (Å²) in [7, 11) is 0. The smallest absolute Gasteiger partial charge is 0.303 e. The first-order valence-corrected chi connectivity index (χ1v) is 6.35. The minimum Gasteiger partial charge on any atom is -0.381 e. The van der Waals surface area contributed by atoms with Crippen LogP contribution in [0.25, 0.3) is 0 Å². The molecular formula is C15H16N2O3. The third-order valence-electron chi connectivity index (χ3n) is 3.55. The number of nitrogens with zero attached hydrogens (tertiary/aromatic N) is 1. The Kier molecular flexibility index (Phi) is 4.06. The zero-order chi connectivity index (χ0) is 14.6. The number of carbonyl (C=O) groups is 2. The van der Waals surface area contributed by atoms with Crippen molar-refractivity contribution in [3.8, 4) is 12.3 Å². The van der Waals surface area contributed by atoms with E-state index in [2.05, 4.69) is 5.92 Å². The Bertz CT molecular complexity index is 542. The molecule has 1 saturated heterocycles. The Hall–Kier alpha value is -2.32. The maximum atomic E-state index is 12.2. The third kappa shape index (κ3) is 2.38. The van der Waals surface area contributed by atoms with Gasteiger partial charge in [-0.3, -0.25) is 14.5 Å². The Morgan fingerprint density at radius 2 is 1.85 bits per heavy atom. The number of nitrogens with two attached hydrogens (primary N) is 1. The van der Waals surface area contributed by atoms with Gasteiger partial charge in [0.1, 0.15) is 5.54 Å². The molecule has 1 fully saturated rings. The lowest BCUT2D eigenvalue weighted by Crippen LogP contribution is -2.62. The molecule has 1 aliphatic rings. The molecule has 2 N–H and O–H groups in total. The van der Waals surface area contributed by atoms with Crippen LogP contribution in [0, 0.1) is 12.3 Å². The SMILES string of the molecule is C#CC(=O)N(c1ccccc1)C1(C(N)=O)CCOCC1. The van der Waals surface area contributed by atoms with Gasteiger partial charge >= 0.3 is 5.91 Å². The Morgan fingerprint density at radius 1 is 1.25 bits per heavy atom. The van der Waals surface area contributed by atoms with Crippen LogP contribution in [0.2, 0.25) is 0 Å². The van der Waals surface area contributed by atoms with Crippen LogP contribution in [0.5, 0.6) is 0 Å². The summed E-state index contributed by atoms with van der Waals surface area (Å²) < 4.78 is 5.28. The van der Waals surface area contributed by atoms with Crippen molar-refractivity contribution in [2.45, 2.75) is 18.4 Å². The summed E-state index contributed by atoms with van der Waals surface area (Å²) in [6.07, 6.45) is 5.93. The highest BCUT2D eigenvalue weighted by molar-refractivity contribution is 6.11. The van der Waals surface area contributed by atoms with Crippen molar-refractivity contribution in [2.24, 2.45) is 5.73 Å². The molecule has 1 aliphatic heterocycles. The number of amides is 2. The van der Waals surface area contributed by atoms with Crippen LogP contribution in [-0.4, -0.2) is 30.6 Å². The van der Waals surface area contributed by atoms with Crippen molar-refractivity contribution < 1.29 is 14.3 Å². The van der Waals surface area contributed by atoms with Crippen LogP contribution < -0.4 is 10.6 Å². The molecule has 0 atom stereocenters. The van der Waals surface area contributed by atoms with Gasteiger partial charge in [0.05, 0.1) is 0 Å². The normalized spacial score (nSPS) is 16.9. The first kappa shape index (κ1) is 14.1. The predicted molar refractivity (Wildman–Crippen MR) is 74.7 cm³/mol. The van der Waals surface area contributed by atoms with E-state index in [4.69, 9.17) is 16.9 Å². The van der Waals surface area contributed by atoms with Crippen molar-refractivity contribution in [3.05, 3.63) is 30.3 Å². The first-order valence-electron chi connectivity index (χ1n) is 6.35. The summed E-state index contributed by atoms with van der Waals surface area (Å²) in [5.41, 5.74) is 5.02. The molecule has 1 aromatic carbocycles. The molecule has 0 aliphatic carbocycles. The van der Waals surface area contributed by atoms with Crippen molar-refractivity contribution in [3.63, 3.8) is 0 Å². The minimum atomic E-state index is -1.12. The van der Waals surface area contributed by atoms with Crippen molar-refractivity contribution in [1.29, 1.82) is 0 Å². The Balaban J connectivity index is 2.52. The largest absolute Gasteiger partial charge is 0.381 e. The van der Waals surface area contributed by atoms with E-state index >= 15 is 0 Å². The lowest BCUT2D eigenvalue weighted by molar-refractivity contribution is -0.130. The molecule has 0 aromatic heterocycles. The maximum Gasteiger partial charge on any atom is 0.303 e. The minimum absolute atomic E-state index is 0.338. The predicted octanol–water partition coefficient (Wildman–Crippen LogP) is 0.687. The van der Waals surface area contributed by atoms with E-state index in [1.165, 1.54) is 4.90 Å². The fourth-order valence-electron chi connectivity index (χ4n) is 2.49. The standard InChI is InChI=1S/C15H16N2O3/c1-2-13(18)17(12-6-4-3-5-7-12)15(14(16)19)8-10-20-11-9-15/h1,3-7H,8-11H2,(H2,16,19). The van der Waals surface area contributed by atoms with E-state index < -0.39 is 17.4 Å². The molecule has 104 valence electrons. The molecule has 2 rings (SSSR count). The van der Waals surface area contributed by atoms with Gasteiger partial charge in [0.15, 0.2) is 0 Å². The van der Waals surface area contributed by atoms with Crippen LogP contribution >= 0.6 is 0 Å². The summed E-state index contributed by atoms with van der Waals surface area (Å²) in [6, 6.07) is 8.84. The average Bonchev–Trinajstić information content (AvgIpc) is 2.49. The lowest BCUT2D eigenvalue weighted by atomic mass is 9.86. The van der Waals surface area contributed by atoms with Gasteiger partial charge in [0.2, 0.25) is 5.91 Å². The fourth-order valence-corrected chi connectivity index (χ4v) is 2.49. The van der Waals surface area contributed by atoms with E-state index in [0.717, 1.165) is 0 Å². The van der Waals surface area contributed by atoms with E-state index in [9.17, 15) is 9.59 Å². The van der Waals surface area contributed by atoms with Gasteiger partial charge in [-0.15, -0.1) is 6.42 Å². The van der Waals surface area contributed by atoms with Crippen LogP contribution in [0.3, 0.4) is 0 Å². The molecule has 20 heavy (non-hydrogen) atoms. The van der Waals surface area contributed by atoms with E-state index in [1.807, 2.05) is 6.07 Å². The summed E-state index contributed by atoms with van der Waals surface area (Å²) in [6.45, 7) is 0.730. The van der Waals surface area contributed by atoms with E-state index in [1.54, 1.807) is 24.3 Å². The second kappa shape index (κ2) is 5.76. The summed E-state index contributed by atoms with van der Waals surface area (Å²) in [5.74, 6) is 0.945. The molecule has 5 nitrogen and oxygen atoms in total. The first-order chi connectivity index (χ1) is 9.62. The number of rotatable bonds is 3. The van der Waals surface area contributed by atoms with Crippen molar-refractivity contribution in [1.82, 2.24) is 0 Å². The number of anilines is 1. The van der Waals surface area contributed by atoms with Gasteiger partial charge in [-0.05, 0) is 18.1 Å². The molecular weight excluding hydrogens is 256 g/mol. The van der Waals surface area contributed by atoms with Gasteiger partial charge < -0.3 is 10.5 Å². The number of terminal acetylenes is 1. The highest BCUT2D eigenvalue weighted by atomic mass is 16.5. The lowest BCUT2D eigenvalue weighted by Gasteiger charge is -2.42. The molecule has 2 amide bonds. The molecule has 0 radical (unpaired) electrons. The average molecular weight is 272 g/mol. The second-order valence-electron chi connectivity index (χ2n) is 4.63. The quantitative estimate of drug-likeness (QED) is 0.823. The fraction of sp³-hybridized carbons (Fsp3) is 0.333. The maximum absolute atomic E-state index is 12.2. The van der Waals surface area contributed by atoms with Crippen molar-refractivity contribution in [2.75, 3.05) is 18.1 Å². The number of hydrogen-bond donors (Lipinski definition) is 1. The Morgan fingerprint density at radius 3 is 2.35 bits per heavy atom. The second-order valence-corrected chi connectivity index (χ2v) is 4.63. The number of ether oxygens (including phenoxy) is 1. The molecule has 0 spiro atoms. The highest BCUT2D eigenvalue weighted by Crippen LogP contribution is 2.32. The molecule has 0 unspecified atom stereocenters. The summed E-state index contributed by atoms with van der Waals surface area (Å²) >= 11 is 0. The van der Waals surface area contributed by atoms with Gasteiger partial charge in [-0.2, -0.15) is 0 Å². The summed E-state index contributed by atoms with van der Waals surface area (Å²) in [5, 5.41) is 0. The molecule has 1 aromatic rings. The number of primary amides is 1. The molecule has 0 bridgehead atoms. The number of benzene rings is 1. The monoisotopic (exact) mass is 272 g/mol. The van der Waals surface area contributed by atoms with E-state index in [-0.39, 0.29) is 0 Å². The number of para-hydroxylation sites is 1. The van der Waals surface area contributed by atoms with Gasteiger partial charge in [-0.25, -0.2) is 0 Å². The van der Waals surface area contributed by atoms with Gasteiger partial charge in [-0.1, -0.05) is 18.2 Å². The molecule has 5 heteroatoms. The van der Waals surface area contributed by atoms with Gasteiger partial charge in [0.25, 0.3) is 0 Å². The topological polar surface area (TPSA) is 72.6 Å².